The van der Waals surface area contributed by atoms with Crippen molar-refractivity contribution in [3.63, 3.8) is 0 Å². The molecule has 1 atom stereocenters. The Kier molecular flexibility index (Phi) is 6.57. The van der Waals surface area contributed by atoms with Gasteiger partial charge in [0.1, 0.15) is 5.02 Å². The van der Waals surface area contributed by atoms with Crippen LogP contribution >= 0.6 is 46.4 Å². The van der Waals surface area contributed by atoms with Crippen molar-refractivity contribution in [1.82, 2.24) is 14.5 Å². The van der Waals surface area contributed by atoms with Crippen LogP contribution in [-0.4, -0.2) is 18.2 Å². The number of benzene rings is 2. The fraction of sp³-hybridized carbons (Fsp3) is 0.111. The number of halogens is 4. The van der Waals surface area contributed by atoms with Crippen molar-refractivity contribution in [1.29, 1.82) is 0 Å². The quantitative estimate of drug-likeness (QED) is 0.550. The van der Waals surface area contributed by atoms with Crippen molar-refractivity contribution in [3.8, 4) is 5.69 Å². The van der Waals surface area contributed by atoms with Crippen LogP contribution in [0.1, 0.15) is 18.5 Å². The number of hydrogen-bond donors (Lipinski definition) is 1. The zero-order valence-corrected chi connectivity index (χ0v) is 18.6. The van der Waals surface area contributed by atoms with E-state index in [2.05, 4.69) is 9.82 Å². The van der Waals surface area contributed by atoms with E-state index in [-0.39, 0.29) is 14.9 Å². The van der Waals surface area contributed by atoms with E-state index in [1.807, 2.05) is 0 Å². The number of sulfonamides is 1. The molecule has 1 aromatic heterocycles. The van der Waals surface area contributed by atoms with Crippen molar-refractivity contribution < 1.29 is 8.42 Å². The predicted molar refractivity (Wildman–Crippen MR) is 115 cm³/mol. The SMILES string of the molecule is CC(NS(=O)(=O)c1ccc(-n2ncc(Cl)c(Cl)c2=O)cc1)c1ccc(Cl)c(Cl)c1. The van der Waals surface area contributed by atoms with Crippen LogP contribution in [0.4, 0.5) is 0 Å². The molecule has 0 amide bonds. The Morgan fingerprint density at radius 3 is 2.24 bits per heavy atom. The van der Waals surface area contributed by atoms with Crippen LogP contribution in [0, 0.1) is 0 Å². The van der Waals surface area contributed by atoms with E-state index in [1.54, 1.807) is 25.1 Å². The van der Waals surface area contributed by atoms with Crippen LogP contribution in [-0.2, 0) is 10.0 Å². The average molecular weight is 493 g/mol. The first-order chi connectivity index (χ1) is 13.6. The summed E-state index contributed by atoms with van der Waals surface area (Å²) in [5, 5.41) is 4.48. The zero-order valence-electron chi connectivity index (χ0n) is 14.7. The molecule has 0 saturated heterocycles. The summed E-state index contributed by atoms with van der Waals surface area (Å²) in [4.78, 5) is 12.2. The van der Waals surface area contributed by atoms with Crippen molar-refractivity contribution in [2.45, 2.75) is 17.9 Å². The van der Waals surface area contributed by atoms with E-state index >= 15 is 0 Å². The molecule has 0 aliphatic carbocycles. The van der Waals surface area contributed by atoms with Gasteiger partial charge in [0.15, 0.2) is 0 Å². The second-order valence-corrected chi connectivity index (χ2v) is 9.35. The number of rotatable bonds is 5. The van der Waals surface area contributed by atoms with E-state index in [0.29, 0.717) is 21.3 Å². The molecule has 0 fully saturated rings. The third-order valence-electron chi connectivity index (χ3n) is 4.04. The monoisotopic (exact) mass is 491 g/mol. The van der Waals surface area contributed by atoms with E-state index in [9.17, 15) is 13.2 Å². The summed E-state index contributed by atoms with van der Waals surface area (Å²) >= 11 is 23.5. The number of nitrogens with one attached hydrogen (secondary N) is 1. The van der Waals surface area contributed by atoms with Gasteiger partial charge in [-0.15, -0.1) is 0 Å². The third-order valence-corrected chi connectivity index (χ3v) is 7.09. The number of aromatic nitrogens is 2. The molecule has 152 valence electrons. The number of hydrogen-bond acceptors (Lipinski definition) is 4. The van der Waals surface area contributed by atoms with Crippen molar-refractivity contribution in [2.24, 2.45) is 0 Å². The average Bonchev–Trinajstić information content (AvgIpc) is 2.68. The summed E-state index contributed by atoms with van der Waals surface area (Å²) in [6, 6.07) is 9.93. The molecule has 2 aromatic carbocycles. The molecule has 1 unspecified atom stereocenters. The Morgan fingerprint density at radius 1 is 0.966 bits per heavy atom. The topological polar surface area (TPSA) is 81.1 Å². The highest BCUT2D eigenvalue weighted by molar-refractivity contribution is 7.89. The zero-order chi connectivity index (χ0) is 21.3. The maximum absolute atomic E-state index is 12.7. The lowest BCUT2D eigenvalue weighted by atomic mass is 10.1. The van der Waals surface area contributed by atoms with Gasteiger partial charge in [0.25, 0.3) is 5.56 Å². The smallest absolute Gasteiger partial charge is 0.266 e. The van der Waals surface area contributed by atoms with E-state index < -0.39 is 21.6 Å². The summed E-state index contributed by atoms with van der Waals surface area (Å²) in [5.41, 5.74) is 0.386. The van der Waals surface area contributed by atoms with Crippen LogP contribution in [0.3, 0.4) is 0 Å². The first-order valence-electron chi connectivity index (χ1n) is 8.11. The lowest BCUT2D eigenvalue weighted by molar-refractivity contribution is 0.567. The highest BCUT2D eigenvalue weighted by atomic mass is 35.5. The van der Waals surface area contributed by atoms with Crippen molar-refractivity contribution in [3.05, 3.63) is 84.7 Å². The minimum absolute atomic E-state index is 0.0151. The molecule has 29 heavy (non-hydrogen) atoms. The maximum atomic E-state index is 12.7. The first kappa shape index (κ1) is 22.1. The third kappa shape index (κ3) is 4.77. The Hall–Kier alpha value is -1.61. The van der Waals surface area contributed by atoms with Gasteiger partial charge in [-0.2, -0.15) is 9.78 Å². The largest absolute Gasteiger partial charge is 0.291 e. The molecule has 0 radical (unpaired) electrons. The molecule has 0 saturated carbocycles. The molecule has 0 spiro atoms. The lowest BCUT2D eigenvalue weighted by Gasteiger charge is -2.15. The van der Waals surface area contributed by atoms with Crippen LogP contribution in [0.25, 0.3) is 5.69 Å². The van der Waals surface area contributed by atoms with Crippen LogP contribution in [0.15, 0.2) is 58.4 Å². The molecule has 0 aliphatic rings. The van der Waals surface area contributed by atoms with E-state index in [1.165, 1.54) is 30.5 Å². The first-order valence-corrected chi connectivity index (χ1v) is 11.1. The van der Waals surface area contributed by atoms with Crippen LogP contribution < -0.4 is 10.3 Å². The predicted octanol–water partition coefficient (Wildman–Crippen LogP) is 4.89. The highest BCUT2D eigenvalue weighted by Crippen LogP contribution is 2.26. The maximum Gasteiger partial charge on any atom is 0.291 e. The lowest BCUT2D eigenvalue weighted by Crippen LogP contribution is -2.27. The van der Waals surface area contributed by atoms with Gasteiger partial charge in [-0.3, -0.25) is 4.79 Å². The standard InChI is InChI=1S/C18H13Cl4N3O3S/c1-10(11-2-7-14(19)15(20)8-11)24-29(27,28)13-5-3-12(4-6-13)25-18(26)17(22)16(21)9-23-25/h2-10,24H,1H3. The van der Waals surface area contributed by atoms with Gasteiger partial charge in [0.05, 0.1) is 31.8 Å². The van der Waals surface area contributed by atoms with Gasteiger partial charge in [-0.1, -0.05) is 52.5 Å². The van der Waals surface area contributed by atoms with Crippen molar-refractivity contribution >= 4 is 56.4 Å². The molecule has 1 N–H and O–H groups in total. The second kappa shape index (κ2) is 8.63. The Balaban J connectivity index is 1.86. The van der Waals surface area contributed by atoms with E-state index in [0.717, 1.165) is 4.68 Å². The highest BCUT2D eigenvalue weighted by Gasteiger charge is 2.19. The fourth-order valence-corrected chi connectivity index (χ4v) is 4.31. The molecular weight excluding hydrogens is 480 g/mol. The van der Waals surface area contributed by atoms with Crippen molar-refractivity contribution in [2.75, 3.05) is 0 Å². The van der Waals surface area contributed by atoms with Gasteiger partial charge in [0, 0.05) is 6.04 Å². The van der Waals surface area contributed by atoms with Gasteiger partial charge in [0.2, 0.25) is 10.0 Å². The summed E-state index contributed by atoms with van der Waals surface area (Å²) in [6.07, 6.45) is 1.23. The Bertz CT molecular complexity index is 1230. The fourth-order valence-electron chi connectivity index (χ4n) is 2.51. The molecule has 0 bridgehead atoms. The molecule has 11 heteroatoms. The van der Waals surface area contributed by atoms with Gasteiger partial charge in [-0.05, 0) is 48.9 Å². The Labute approximate surface area is 187 Å². The summed E-state index contributed by atoms with van der Waals surface area (Å²) in [7, 11) is -3.84. The minimum atomic E-state index is -3.84. The molecule has 3 aromatic rings. The normalized spacial score (nSPS) is 12.7. The molecule has 1 heterocycles. The van der Waals surface area contributed by atoms with Gasteiger partial charge in [-0.25, -0.2) is 13.1 Å². The summed E-state index contributed by atoms with van der Waals surface area (Å²) in [6.45, 7) is 1.69. The summed E-state index contributed by atoms with van der Waals surface area (Å²) < 4.78 is 29.0. The van der Waals surface area contributed by atoms with Gasteiger partial charge < -0.3 is 0 Å². The second-order valence-electron chi connectivity index (χ2n) is 6.03. The minimum Gasteiger partial charge on any atom is -0.266 e. The van der Waals surface area contributed by atoms with E-state index in [4.69, 9.17) is 46.4 Å². The van der Waals surface area contributed by atoms with Gasteiger partial charge >= 0.3 is 0 Å². The molecule has 6 nitrogen and oxygen atoms in total. The summed E-state index contributed by atoms with van der Waals surface area (Å²) in [5.74, 6) is 0. The molecule has 3 rings (SSSR count). The Morgan fingerprint density at radius 2 is 1.62 bits per heavy atom. The number of nitrogens with zero attached hydrogens (tertiary/aromatic N) is 2. The van der Waals surface area contributed by atoms with Crippen LogP contribution in [0.5, 0.6) is 0 Å². The molecule has 0 aliphatic heterocycles. The molecular formula is C18H13Cl4N3O3S. The van der Waals surface area contributed by atoms with Crippen LogP contribution in [0.2, 0.25) is 20.1 Å².